The fourth-order valence-electron chi connectivity index (χ4n) is 1.48. The molecule has 0 saturated heterocycles. The molecule has 22 heavy (non-hydrogen) atoms. The van der Waals surface area contributed by atoms with Gasteiger partial charge in [0.05, 0.1) is 0 Å². The Morgan fingerprint density at radius 1 is 0.591 bits per heavy atom. The summed E-state index contributed by atoms with van der Waals surface area (Å²) < 4.78 is 0. The molecule has 0 radical (unpaired) electrons. The van der Waals surface area contributed by atoms with Gasteiger partial charge in [0.1, 0.15) is 0 Å². The minimum absolute atomic E-state index is 0. The first-order valence-corrected chi connectivity index (χ1v) is 9.54. The van der Waals surface area contributed by atoms with E-state index in [9.17, 15) is 0 Å². The van der Waals surface area contributed by atoms with Gasteiger partial charge in [-0.25, -0.2) is 0 Å². The van der Waals surface area contributed by atoms with Crippen molar-refractivity contribution in [1.82, 2.24) is 0 Å². The fraction of sp³-hybridized carbons (Fsp3) is 0.111. The van der Waals surface area contributed by atoms with Gasteiger partial charge in [0.25, 0.3) is 0 Å². The van der Waals surface area contributed by atoms with Gasteiger partial charge in [-0.2, -0.15) is 0 Å². The number of benzene rings is 2. The van der Waals surface area contributed by atoms with Crippen LogP contribution < -0.4 is 24.8 Å². The molecular weight excluding hydrogens is 677 g/mol. The van der Waals surface area contributed by atoms with Crippen molar-refractivity contribution in [2.75, 3.05) is 0 Å². The Labute approximate surface area is 169 Å². The van der Waals surface area contributed by atoms with Gasteiger partial charge in [0, 0.05) is 0 Å². The second kappa shape index (κ2) is 17.2. The van der Waals surface area contributed by atoms with Crippen LogP contribution in [0.1, 0.15) is 11.1 Å². The van der Waals surface area contributed by atoms with Gasteiger partial charge in [0.15, 0.2) is 0 Å². The molecule has 2 rings (SSSR count). The predicted molar refractivity (Wildman–Crippen MR) is 80.6 cm³/mol. The molecule has 0 atom stereocenters. The monoisotopic (exact) mass is 694 g/mol. The first-order chi connectivity index (χ1) is 9.86. The molecular formula is C18H18Cl2Pt2. The van der Waals surface area contributed by atoms with Crippen LogP contribution in [-0.4, -0.2) is 0 Å². The van der Waals surface area contributed by atoms with Crippen molar-refractivity contribution in [3.05, 3.63) is 83.9 Å². The maximum absolute atomic E-state index is 2.31. The van der Waals surface area contributed by atoms with E-state index in [1.54, 1.807) is 0 Å². The van der Waals surface area contributed by atoms with E-state index in [0.717, 1.165) is 9.62 Å². The van der Waals surface area contributed by atoms with E-state index in [0.29, 0.717) is 0 Å². The third-order valence-electron chi connectivity index (χ3n) is 2.37. The van der Waals surface area contributed by atoms with Gasteiger partial charge in [-0.15, -0.1) is 0 Å². The van der Waals surface area contributed by atoms with Crippen molar-refractivity contribution in [2.45, 2.75) is 9.62 Å². The van der Waals surface area contributed by atoms with Crippen LogP contribution in [0.4, 0.5) is 0 Å². The van der Waals surface area contributed by atoms with E-state index in [1.807, 2.05) is 36.4 Å². The SMILES string of the molecule is [Cl-].[Cl-].[Pt+][CH2]/C=C/c1ccccc1.[Pt+][CH2]/C=C/c1ccccc1. The molecule has 0 unspecified atom stereocenters. The van der Waals surface area contributed by atoms with Gasteiger partial charge in [0.2, 0.25) is 0 Å². The molecule has 0 bridgehead atoms. The standard InChI is InChI=1S/2C9H9.2ClH.2Pt/c2*1-2-6-9-7-4-3-5-8-9;;;;/h2*2-8H,1H2;2*1H;;/q;;;;2*+1/p-2/b2*6-2+;;;;. The first-order valence-electron chi connectivity index (χ1n) is 6.33. The van der Waals surface area contributed by atoms with Crippen LogP contribution in [0.2, 0.25) is 9.62 Å². The van der Waals surface area contributed by atoms with Crippen molar-refractivity contribution in [3.63, 3.8) is 0 Å². The van der Waals surface area contributed by atoms with Gasteiger partial charge in [-0.1, -0.05) is 0 Å². The molecule has 0 saturated carbocycles. The van der Waals surface area contributed by atoms with Crippen molar-refractivity contribution in [2.24, 2.45) is 0 Å². The van der Waals surface area contributed by atoms with E-state index in [-0.39, 0.29) is 24.8 Å². The minimum atomic E-state index is 0. The van der Waals surface area contributed by atoms with Gasteiger partial charge >= 0.3 is 145 Å². The summed E-state index contributed by atoms with van der Waals surface area (Å²) >= 11 is 4.63. The Bertz CT molecular complexity index is 462. The van der Waals surface area contributed by atoms with Gasteiger partial charge in [-0.05, 0) is 0 Å². The molecule has 0 N–H and O–H groups in total. The Kier molecular flexibility index (Phi) is 18.9. The van der Waals surface area contributed by atoms with Crippen LogP contribution in [0.3, 0.4) is 0 Å². The second-order valence-electron chi connectivity index (χ2n) is 3.88. The molecule has 0 amide bonds. The summed E-state index contributed by atoms with van der Waals surface area (Å²) in [6.07, 6.45) is 8.56. The number of hydrogen-bond acceptors (Lipinski definition) is 0. The number of rotatable bonds is 4. The molecule has 2 aromatic carbocycles. The molecule has 0 aliphatic carbocycles. The van der Waals surface area contributed by atoms with E-state index < -0.39 is 0 Å². The number of hydrogen-bond donors (Lipinski definition) is 0. The summed E-state index contributed by atoms with van der Waals surface area (Å²) in [7, 11) is 0. The number of allylic oxidation sites excluding steroid dienone is 2. The summed E-state index contributed by atoms with van der Waals surface area (Å²) in [5.74, 6) is 0. The summed E-state index contributed by atoms with van der Waals surface area (Å²) in [4.78, 5) is 2.16. The molecule has 0 aliphatic rings. The van der Waals surface area contributed by atoms with Crippen molar-refractivity contribution < 1.29 is 64.4 Å². The zero-order valence-electron chi connectivity index (χ0n) is 11.9. The Morgan fingerprint density at radius 2 is 0.909 bits per heavy atom. The van der Waals surface area contributed by atoms with Crippen LogP contribution in [0.15, 0.2) is 72.8 Å². The maximum atomic E-state index is 2.31. The third kappa shape index (κ3) is 12.4. The fourth-order valence-corrected chi connectivity index (χ4v) is 2.01. The molecule has 0 aromatic heterocycles. The van der Waals surface area contributed by atoms with Gasteiger partial charge in [-0.3, -0.25) is 0 Å². The zero-order chi connectivity index (χ0) is 14.5. The normalized spacial score (nSPS) is 9.64. The first kappa shape index (κ1) is 24.1. The average molecular weight is 695 g/mol. The molecule has 0 nitrogen and oxygen atoms in total. The topological polar surface area (TPSA) is 0 Å². The molecule has 124 valence electrons. The third-order valence-corrected chi connectivity index (χ3v) is 3.44. The number of halogens is 2. The molecule has 4 heteroatoms. The van der Waals surface area contributed by atoms with Crippen LogP contribution >= 0.6 is 0 Å². The Hall–Kier alpha value is -0.123. The van der Waals surface area contributed by atoms with Crippen LogP contribution in [0.5, 0.6) is 0 Å². The van der Waals surface area contributed by atoms with Crippen LogP contribution in [0, 0.1) is 0 Å². The Morgan fingerprint density at radius 3 is 1.18 bits per heavy atom. The molecule has 0 fully saturated rings. The van der Waals surface area contributed by atoms with Crippen molar-refractivity contribution >= 4 is 12.2 Å². The second-order valence-corrected chi connectivity index (χ2v) is 5.74. The van der Waals surface area contributed by atoms with E-state index in [1.165, 1.54) is 11.1 Å². The van der Waals surface area contributed by atoms with Crippen molar-refractivity contribution in [3.8, 4) is 0 Å². The van der Waals surface area contributed by atoms with Crippen molar-refractivity contribution in [1.29, 1.82) is 0 Å². The zero-order valence-corrected chi connectivity index (χ0v) is 17.9. The molecule has 0 spiro atoms. The predicted octanol–water partition coefficient (Wildman–Crippen LogP) is -0.662. The van der Waals surface area contributed by atoms with Crippen LogP contribution in [0.25, 0.3) is 12.2 Å². The summed E-state index contributed by atoms with van der Waals surface area (Å²) in [5, 5.41) is 0. The van der Waals surface area contributed by atoms with Gasteiger partial charge < -0.3 is 24.8 Å². The quantitative estimate of drug-likeness (QED) is 0.399. The molecule has 2 aromatic rings. The van der Waals surface area contributed by atoms with E-state index in [4.69, 9.17) is 0 Å². The molecule has 0 heterocycles. The van der Waals surface area contributed by atoms with Crippen LogP contribution in [-0.2, 0) is 39.6 Å². The molecule has 0 aliphatic heterocycles. The summed E-state index contributed by atoms with van der Waals surface area (Å²) in [5.41, 5.74) is 2.55. The summed E-state index contributed by atoms with van der Waals surface area (Å²) in [6.45, 7) is 0. The van der Waals surface area contributed by atoms with E-state index in [2.05, 4.69) is 88.2 Å². The van der Waals surface area contributed by atoms with E-state index >= 15 is 0 Å². The Balaban J connectivity index is 0. The summed E-state index contributed by atoms with van der Waals surface area (Å²) in [6, 6.07) is 20.7. The average Bonchev–Trinajstić information content (AvgIpc) is 2.53.